The first-order valence-corrected chi connectivity index (χ1v) is 4.85. The summed E-state index contributed by atoms with van der Waals surface area (Å²) < 4.78 is 4.99. The van der Waals surface area contributed by atoms with E-state index in [0.717, 1.165) is 11.8 Å². The quantitative estimate of drug-likeness (QED) is 0.614. The van der Waals surface area contributed by atoms with Crippen molar-refractivity contribution in [1.82, 2.24) is 0 Å². The van der Waals surface area contributed by atoms with Crippen LogP contribution in [-0.4, -0.2) is 18.5 Å². The Hall–Kier alpha value is -1.08. The van der Waals surface area contributed by atoms with Gasteiger partial charge in [0.1, 0.15) is 6.29 Å². The predicted molar refractivity (Wildman–Crippen MR) is 57.9 cm³/mol. The zero-order chi connectivity index (χ0) is 10.7. The first-order valence-electron chi connectivity index (χ1n) is 4.18. The molecule has 0 heterocycles. The van der Waals surface area contributed by atoms with Gasteiger partial charge in [0.05, 0.1) is 12.8 Å². The minimum absolute atomic E-state index is 0.124. The van der Waals surface area contributed by atoms with Gasteiger partial charge in [-0.05, 0) is 24.1 Å². The summed E-state index contributed by atoms with van der Waals surface area (Å²) in [7, 11) is 3.91. The topological polar surface area (TPSA) is 46.5 Å². The van der Waals surface area contributed by atoms with Crippen LogP contribution in [0.4, 0.5) is 0 Å². The van der Waals surface area contributed by atoms with Gasteiger partial charge >= 0.3 is 0 Å². The van der Waals surface area contributed by atoms with Gasteiger partial charge in [-0.2, -0.15) is 0 Å². The standard InChI is InChI=1S/C10H13O3P/c1-6-3-7(9(14)5-11)4-8(13-2)10(6)12/h3-5,9,12H,14H2,1-2H3. The van der Waals surface area contributed by atoms with Crippen molar-refractivity contribution in [3.05, 3.63) is 23.3 Å². The van der Waals surface area contributed by atoms with Gasteiger partial charge in [0.25, 0.3) is 0 Å². The van der Waals surface area contributed by atoms with Crippen LogP contribution in [-0.2, 0) is 4.79 Å². The molecule has 0 amide bonds. The van der Waals surface area contributed by atoms with E-state index >= 15 is 0 Å². The first-order chi connectivity index (χ1) is 6.60. The summed E-state index contributed by atoms with van der Waals surface area (Å²) in [4.78, 5) is 10.6. The van der Waals surface area contributed by atoms with Gasteiger partial charge in [-0.25, -0.2) is 0 Å². The normalized spacial score (nSPS) is 12.2. The smallest absolute Gasteiger partial charge is 0.161 e. The largest absolute Gasteiger partial charge is 0.504 e. The molecule has 0 fully saturated rings. The lowest BCUT2D eigenvalue weighted by atomic mass is 10.1. The van der Waals surface area contributed by atoms with Crippen LogP contribution >= 0.6 is 9.24 Å². The number of phenols is 1. The monoisotopic (exact) mass is 212 g/mol. The molecule has 14 heavy (non-hydrogen) atoms. The SMILES string of the molecule is COc1cc(C(P)C=O)cc(C)c1O. The fourth-order valence-corrected chi connectivity index (χ4v) is 1.39. The van der Waals surface area contributed by atoms with Crippen LogP contribution in [0.25, 0.3) is 0 Å². The number of aldehydes is 1. The maximum Gasteiger partial charge on any atom is 0.161 e. The number of ether oxygens (including phenoxy) is 1. The van der Waals surface area contributed by atoms with E-state index in [4.69, 9.17) is 4.74 Å². The summed E-state index contributed by atoms with van der Waals surface area (Å²) in [5.41, 5.74) is 1.26. The average Bonchev–Trinajstić information content (AvgIpc) is 2.20. The fraction of sp³-hybridized carbons (Fsp3) is 0.300. The predicted octanol–water partition coefficient (Wildman–Crippen LogP) is 1.82. The lowest BCUT2D eigenvalue weighted by Crippen LogP contribution is -1.94. The minimum Gasteiger partial charge on any atom is -0.504 e. The maximum atomic E-state index is 10.6. The Labute approximate surface area is 85.3 Å². The van der Waals surface area contributed by atoms with Crippen LogP contribution in [0.2, 0.25) is 0 Å². The minimum atomic E-state index is -0.261. The number of phenolic OH excluding ortho intramolecular Hbond substituents is 1. The Kier molecular flexibility index (Phi) is 3.48. The highest BCUT2D eigenvalue weighted by molar-refractivity contribution is 7.18. The molecule has 0 bridgehead atoms. The summed E-state index contributed by atoms with van der Waals surface area (Å²) in [5, 5.41) is 9.56. The zero-order valence-corrected chi connectivity index (χ0v) is 9.31. The van der Waals surface area contributed by atoms with Crippen LogP contribution in [0.1, 0.15) is 16.8 Å². The van der Waals surface area contributed by atoms with Crippen molar-refractivity contribution in [3.63, 3.8) is 0 Å². The van der Waals surface area contributed by atoms with E-state index in [-0.39, 0.29) is 11.4 Å². The van der Waals surface area contributed by atoms with Gasteiger partial charge in [0, 0.05) is 0 Å². The molecule has 1 aromatic rings. The number of carbonyl (C=O) groups excluding carboxylic acids is 1. The summed E-state index contributed by atoms with van der Waals surface area (Å²) in [6.45, 7) is 1.77. The molecule has 1 rings (SSSR count). The number of aryl methyl sites for hydroxylation is 1. The van der Waals surface area contributed by atoms with E-state index in [1.165, 1.54) is 7.11 Å². The number of carbonyl (C=O) groups is 1. The lowest BCUT2D eigenvalue weighted by Gasteiger charge is -2.10. The second-order valence-corrected chi connectivity index (χ2v) is 3.77. The van der Waals surface area contributed by atoms with E-state index in [1.807, 2.05) is 0 Å². The fourth-order valence-electron chi connectivity index (χ4n) is 1.20. The van der Waals surface area contributed by atoms with Gasteiger partial charge in [0.15, 0.2) is 11.5 Å². The van der Waals surface area contributed by atoms with Gasteiger partial charge in [-0.3, -0.25) is 0 Å². The molecule has 0 saturated heterocycles. The van der Waals surface area contributed by atoms with Crippen LogP contribution in [0.15, 0.2) is 12.1 Å². The molecule has 0 saturated carbocycles. The number of hydrogen-bond acceptors (Lipinski definition) is 3. The third-order valence-corrected chi connectivity index (χ3v) is 2.58. The van der Waals surface area contributed by atoms with E-state index < -0.39 is 0 Å². The second-order valence-electron chi connectivity index (χ2n) is 3.05. The van der Waals surface area contributed by atoms with Crippen molar-refractivity contribution in [2.45, 2.75) is 12.6 Å². The Morgan fingerprint density at radius 1 is 1.57 bits per heavy atom. The van der Waals surface area contributed by atoms with E-state index in [2.05, 4.69) is 9.24 Å². The van der Waals surface area contributed by atoms with Crippen molar-refractivity contribution in [2.24, 2.45) is 0 Å². The Morgan fingerprint density at radius 2 is 2.21 bits per heavy atom. The third kappa shape index (κ3) is 2.05. The molecule has 2 unspecified atom stereocenters. The maximum absolute atomic E-state index is 10.6. The highest BCUT2D eigenvalue weighted by atomic mass is 31.0. The summed E-state index contributed by atoms with van der Waals surface area (Å²) >= 11 is 0. The van der Waals surface area contributed by atoms with Crippen molar-refractivity contribution in [2.75, 3.05) is 7.11 Å². The van der Waals surface area contributed by atoms with Crippen molar-refractivity contribution in [3.8, 4) is 11.5 Å². The van der Waals surface area contributed by atoms with Crippen molar-refractivity contribution in [1.29, 1.82) is 0 Å². The van der Waals surface area contributed by atoms with Gasteiger partial charge in [-0.1, -0.05) is 6.07 Å². The molecule has 76 valence electrons. The molecule has 2 atom stereocenters. The van der Waals surface area contributed by atoms with Gasteiger partial charge in [-0.15, -0.1) is 9.24 Å². The molecule has 0 aliphatic heterocycles. The molecule has 0 aliphatic rings. The molecule has 0 radical (unpaired) electrons. The number of methoxy groups -OCH3 is 1. The molecule has 1 aromatic carbocycles. The van der Waals surface area contributed by atoms with Crippen LogP contribution in [0.3, 0.4) is 0 Å². The molecule has 0 aromatic heterocycles. The average molecular weight is 212 g/mol. The van der Waals surface area contributed by atoms with Crippen molar-refractivity contribution < 1.29 is 14.6 Å². The highest BCUT2D eigenvalue weighted by Gasteiger charge is 2.11. The van der Waals surface area contributed by atoms with E-state index in [9.17, 15) is 9.90 Å². The Balaban J connectivity index is 3.22. The van der Waals surface area contributed by atoms with Gasteiger partial charge in [0.2, 0.25) is 0 Å². The molecule has 0 aliphatic carbocycles. The first kappa shape index (κ1) is 11.0. The lowest BCUT2D eigenvalue weighted by molar-refractivity contribution is -0.107. The van der Waals surface area contributed by atoms with Crippen LogP contribution in [0, 0.1) is 6.92 Å². The Bertz CT molecular complexity index is 349. The highest BCUT2D eigenvalue weighted by Crippen LogP contribution is 2.34. The molecule has 0 spiro atoms. The van der Waals surface area contributed by atoms with Crippen LogP contribution < -0.4 is 4.74 Å². The molecule has 3 nitrogen and oxygen atoms in total. The Morgan fingerprint density at radius 3 is 2.71 bits per heavy atom. The number of rotatable bonds is 3. The molecular weight excluding hydrogens is 199 g/mol. The summed E-state index contributed by atoms with van der Waals surface area (Å²) in [6, 6.07) is 3.43. The summed E-state index contributed by atoms with van der Waals surface area (Å²) in [6.07, 6.45) is 0.829. The third-order valence-electron chi connectivity index (χ3n) is 2.04. The summed E-state index contributed by atoms with van der Waals surface area (Å²) in [5.74, 6) is 0.522. The molecule has 1 N–H and O–H groups in total. The van der Waals surface area contributed by atoms with Crippen molar-refractivity contribution >= 4 is 15.5 Å². The number of hydrogen-bond donors (Lipinski definition) is 1. The van der Waals surface area contributed by atoms with Crippen LogP contribution in [0.5, 0.6) is 11.5 Å². The van der Waals surface area contributed by atoms with E-state index in [0.29, 0.717) is 11.3 Å². The molecular formula is C10H13O3P. The second kappa shape index (κ2) is 4.43. The number of aromatic hydroxyl groups is 1. The number of benzene rings is 1. The van der Waals surface area contributed by atoms with E-state index in [1.54, 1.807) is 19.1 Å². The zero-order valence-electron chi connectivity index (χ0n) is 8.15. The van der Waals surface area contributed by atoms with Gasteiger partial charge < -0.3 is 14.6 Å². The molecule has 4 heteroatoms.